The number of carboxylic acids is 1. The lowest BCUT2D eigenvalue weighted by Gasteiger charge is -2.09. The summed E-state index contributed by atoms with van der Waals surface area (Å²) < 4.78 is 0. The highest BCUT2D eigenvalue weighted by atomic mass is 35.5. The van der Waals surface area contributed by atoms with Crippen LogP contribution in [0.2, 0.25) is 10.0 Å². The molecule has 1 aromatic carbocycles. The molecule has 2 nitrogen and oxygen atoms in total. The van der Waals surface area contributed by atoms with Crippen LogP contribution >= 0.6 is 23.2 Å². The molecule has 0 spiro atoms. The maximum atomic E-state index is 10.5. The Morgan fingerprint density at radius 2 is 2.07 bits per heavy atom. The molecule has 0 aliphatic carbocycles. The van der Waals surface area contributed by atoms with E-state index in [0.717, 1.165) is 5.56 Å². The van der Waals surface area contributed by atoms with Crippen LogP contribution in [0.15, 0.2) is 18.2 Å². The van der Waals surface area contributed by atoms with E-state index in [0.29, 0.717) is 10.0 Å². The molecular weight excluding hydrogens is 223 g/mol. The lowest BCUT2D eigenvalue weighted by molar-refractivity contribution is -0.137. The highest BCUT2D eigenvalue weighted by molar-refractivity contribution is 6.42. The van der Waals surface area contributed by atoms with Gasteiger partial charge < -0.3 is 5.11 Å². The Morgan fingerprint density at radius 3 is 2.57 bits per heavy atom. The molecule has 0 radical (unpaired) electrons. The fourth-order valence-corrected chi connectivity index (χ4v) is 1.51. The van der Waals surface area contributed by atoms with Gasteiger partial charge in [-0.05, 0) is 23.6 Å². The molecule has 1 aromatic rings. The van der Waals surface area contributed by atoms with E-state index in [2.05, 4.69) is 0 Å². The SMILES string of the molecule is C[C@@H](CC(=O)O)c1ccc(Cl)c(Cl)c1. The molecule has 1 atom stereocenters. The summed E-state index contributed by atoms with van der Waals surface area (Å²) in [5.74, 6) is -0.870. The molecule has 0 saturated heterocycles. The first-order valence-electron chi connectivity index (χ1n) is 4.17. The molecule has 0 aliphatic heterocycles. The fourth-order valence-electron chi connectivity index (χ4n) is 1.20. The van der Waals surface area contributed by atoms with Gasteiger partial charge in [-0.25, -0.2) is 0 Å². The second-order valence-electron chi connectivity index (χ2n) is 3.17. The Balaban J connectivity index is 2.85. The summed E-state index contributed by atoms with van der Waals surface area (Å²) in [6.45, 7) is 1.84. The molecule has 1 rings (SSSR count). The van der Waals surface area contributed by atoms with Crippen molar-refractivity contribution in [3.63, 3.8) is 0 Å². The first-order valence-corrected chi connectivity index (χ1v) is 4.93. The minimum Gasteiger partial charge on any atom is -0.481 e. The van der Waals surface area contributed by atoms with Crippen LogP contribution in [-0.4, -0.2) is 11.1 Å². The number of benzene rings is 1. The predicted molar refractivity (Wildman–Crippen MR) is 57.1 cm³/mol. The van der Waals surface area contributed by atoms with Crippen LogP contribution in [0.3, 0.4) is 0 Å². The van der Waals surface area contributed by atoms with Crippen molar-refractivity contribution >= 4 is 29.2 Å². The van der Waals surface area contributed by atoms with E-state index in [1.165, 1.54) is 0 Å². The highest BCUT2D eigenvalue weighted by Gasteiger charge is 2.11. The highest BCUT2D eigenvalue weighted by Crippen LogP contribution is 2.27. The zero-order chi connectivity index (χ0) is 10.7. The van der Waals surface area contributed by atoms with Gasteiger partial charge in [-0.15, -0.1) is 0 Å². The van der Waals surface area contributed by atoms with E-state index in [1.807, 2.05) is 6.92 Å². The third-order valence-electron chi connectivity index (χ3n) is 1.99. The Bertz CT molecular complexity index is 350. The standard InChI is InChI=1S/C10H10Cl2O2/c1-6(4-10(13)14)7-2-3-8(11)9(12)5-7/h2-3,5-6H,4H2,1H3,(H,13,14)/t6-/m0/s1. The Labute approximate surface area is 92.5 Å². The van der Waals surface area contributed by atoms with Gasteiger partial charge in [0.15, 0.2) is 0 Å². The first kappa shape index (κ1) is 11.3. The lowest BCUT2D eigenvalue weighted by Crippen LogP contribution is -2.02. The van der Waals surface area contributed by atoms with Gasteiger partial charge in [-0.1, -0.05) is 36.2 Å². The van der Waals surface area contributed by atoms with Crippen molar-refractivity contribution in [3.8, 4) is 0 Å². The molecule has 76 valence electrons. The quantitative estimate of drug-likeness (QED) is 0.866. The molecule has 0 amide bonds. The number of rotatable bonds is 3. The summed E-state index contributed by atoms with van der Waals surface area (Å²) in [4.78, 5) is 10.5. The van der Waals surface area contributed by atoms with Crippen LogP contribution in [-0.2, 0) is 4.79 Å². The largest absolute Gasteiger partial charge is 0.481 e. The Kier molecular flexibility index (Phi) is 3.78. The molecule has 0 unspecified atom stereocenters. The number of hydrogen-bond acceptors (Lipinski definition) is 1. The molecule has 0 fully saturated rings. The van der Waals surface area contributed by atoms with Crippen LogP contribution in [0, 0.1) is 0 Å². The van der Waals surface area contributed by atoms with Crippen LogP contribution < -0.4 is 0 Å². The summed E-state index contributed by atoms with van der Waals surface area (Å²) in [7, 11) is 0. The molecule has 1 N–H and O–H groups in total. The molecule has 0 saturated carbocycles. The van der Waals surface area contributed by atoms with Crippen molar-refractivity contribution in [1.82, 2.24) is 0 Å². The van der Waals surface area contributed by atoms with Crippen LogP contribution in [0.25, 0.3) is 0 Å². The molecule has 0 bridgehead atoms. The van der Waals surface area contributed by atoms with Crippen molar-refractivity contribution in [2.24, 2.45) is 0 Å². The average molecular weight is 233 g/mol. The van der Waals surface area contributed by atoms with Crippen molar-refractivity contribution in [2.45, 2.75) is 19.3 Å². The van der Waals surface area contributed by atoms with E-state index in [-0.39, 0.29) is 12.3 Å². The second kappa shape index (κ2) is 4.67. The van der Waals surface area contributed by atoms with E-state index in [1.54, 1.807) is 18.2 Å². The van der Waals surface area contributed by atoms with Gasteiger partial charge in [-0.2, -0.15) is 0 Å². The second-order valence-corrected chi connectivity index (χ2v) is 3.99. The van der Waals surface area contributed by atoms with Gasteiger partial charge in [0.25, 0.3) is 0 Å². The summed E-state index contributed by atoms with van der Waals surface area (Å²) in [5, 5.41) is 9.55. The third-order valence-corrected chi connectivity index (χ3v) is 2.73. The molecule has 0 heterocycles. The van der Waals surface area contributed by atoms with Crippen molar-refractivity contribution in [3.05, 3.63) is 33.8 Å². The Hall–Kier alpha value is -0.730. The maximum Gasteiger partial charge on any atom is 0.303 e. The van der Waals surface area contributed by atoms with Gasteiger partial charge in [-0.3, -0.25) is 4.79 Å². The smallest absolute Gasteiger partial charge is 0.303 e. The molecule has 0 aliphatic rings. The number of halogens is 2. The normalized spacial score (nSPS) is 12.5. The van der Waals surface area contributed by atoms with E-state index in [4.69, 9.17) is 28.3 Å². The Morgan fingerprint density at radius 1 is 1.43 bits per heavy atom. The predicted octanol–water partition coefficient (Wildman–Crippen LogP) is 3.57. The van der Waals surface area contributed by atoms with Crippen molar-refractivity contribution < 1.29 is 9.90 Å². The third kappa shape index (κ3) is 2.89. The summed E-state index contributed by atoms with van der Waals surface area (Å²) in [6, 6.07) is 5.18. The number of carboxylic acid groups (broad SMARTS) is 1. The van der Waals surface area contributed by atoms with E-state index < -0.39 is 5.97 Å². The average Bonchev–Trinajstić information content (AvgIpc) is 2.08. The summed E-state index contributed by atoms with van der Waals surface area (Å²) in [5.41, 5.74) is 0.891. The number of hydrogen-bond donors (Lipinski definition) is 1. The van der Waals surface area contributed by atoms with Gasteiger partial charge in [0, 0.05) is 0 Å². The van der Waals surface area contributed by atoms with Crippen LogP contribution in [0.1, 0.15) is 24.8 Å². The molecule has 0 aromatic heterocycles. The van der Waals surface area contributed by atoms with E-state index in [9.17, 15) is 4.79 Å². The summed E-state index contributed by atoms with van der Waals surface area (Å²) >= 11 is 11.6. The lowest BCUT2D eigenvalue weighted by atomic mass is 9.98. The van der Waals surface area contributed by atoms with Gasteiger partial charge in [0.2, 0.25) is 0 Å². The van der Waals surface area contributed by atoms with Gasteiger partial charge in [0.05, 0.1) is 16.5 Å². The topological polar surface area (TPSA) is 37.3 Å². The van der Waals surface area contributed by atoms with Gasteiger partial charge in [0.1, 0.15) is 0 Å². The first-order chi connectivity index (χ1) is 6.50. The van der Waals surface area contributed by atoms with Crippen LogP contribution in [0.5, 0.6) is 0 Å². The summed E-state index contributed by atoms with van der Waals surface area (Å²) in [6.07, 6.45) is 0.0952. The minimum absolute atomic E-state index is 0.0535. The zero-order valence-corrected chi connectivity index (χ0v) is 9.14. The monoisotopic (exact) mass is 232 g/mol. The minimum atomic E-state index is -0.816. The van der Waals surface area contributed by atoms with Gasteiger partial charge >= 0.3 is 5.97 Å². The van der Waals surface area contributed by atoms with Crippen molar-refractivity contribution in [2.75, 3.05) is 0 Å². The number of carbonyl (C=O) groups is 1. The molecular formula is C10H10Cl2O2. The van der Waals surface area contributed by atoms with E-state index >= 15 is 0 Å². The maximum absolute atomic E-state index is 10.5. The molecule has 4 heteroatoms. The number of aliphatic carboxylic acids is 1. The van der Waals surface area contributed by atoms with Crippen molar-refractivity contribution in [1.29, 1.82) is 0 Å². The van der Waals surface area contributed by atoms with Crippen LogP contribution in [0.4, 0.5) is 0 Å². The fraction of sp³-hybridized carbons (Fsp3) is 0.300. The molecule has 14 heavy (non-hydrogen) atoms. The zero-order valence-electron chi connectivity index (χ0n) is 7.63.